The summed E-state index contributed by atoms with van der Waals surface area (Å²) < 4.78 is 0. The van der Waals surface area contributed by atoms with Crippen LogP contribution in [0.5, 0.6) is 0 Å². The molecule has 143 valence electrons. The van der Waals surface area contributed by atoms with Crippen molar-refractivity contribution in [2.45, 2.75) is 76.7 Å². The van der Waals surface area contributed by atoms with Crippen LogP contribution in [0.1, 0.15) is 59.1 Å². The van der Waals surface area contributed by atoms with E-state index in [1.165, 1.54) is 62.5 Å². The number of hydrogen-bond donors (Lipinski definition) is 0. The average Bonchev–Trinajstić information content (AvgIpc) is 3.08. The van der Waals surface area contributed by atoms with Gasteiger partial charge in [0.1, 0.15) is 0 Å². The van der Waals surface area contributed by atoms with Crippen LogP contribution >= 0.6 is 0 Å². The van der Waals surface area contributed by atoms with Crippen molar-refractivity contribution in [1.29, 1.82) is 0 Å². The second-order valence-corrected chi connectivity index (χ2v) is 9.58. The van der Waals surface area contributed by atoms with Crippen LogP contribution < -0.4 is 24.8 Å². The Kier molecular flexibility index (Phi) is 17.4. The number of aryl methyl sites for hydroxylation is 6. The van der Waals surface area contributed by atoms with Crippen molar-refractivity contribution < 1.29 is 51.0 Å². The molecule has 0 amide bonds. The van der Waals surface area contributed by atoms with Gasteiger partial charge < -0.3 is 24.8 Å². The Balaban J connectivity index is 0. The standard InChI is InChI=1S/2C10H13.C2H7Ge.2ClH.Zr/c2*1-8-6-9-4-2-3-5-10(9)7-8;1-3-2;;;/h2*6-7H,2-5H2,1H3;3H,1-2H3;2*1H;/q2*-1;;;;+4/p-2. The zero-order valence-corrected chi connectivity index (χ0v) is 23.2. The van der Waals surface area contributed by atoms with Crippen molar-refractivity contribution in [3.8, 4) is 0 Å². The minimum Gasteiger partial charge on any atom is -1.00 e. The maximum Gasteiger partial charge on any atom is 4.00 e. The van der Waals surface area contributed by atoms with E-state index >= 15 is 0 Å². The Labute approximate surface area is 199 Å². The molecule has 0 nitrogen and oxygen atoms in total. The van der Waals surface area contributed by atoms with Gasteiger partial charge in [0.05, 0.1) is 0 Å². The van der Waals surface area contributed by atoms with Crippen LogP contribution in [0.15, 0.2) is 24.3 Å². The molecule has 2 aliphatic carbocycles. The Morgan fingerprint density at radius 2 is 1.00 bits per heavy atom. The predicted molar refractivity (Wildman–Crippen MR) is 106 cm³/mol. The van der Waals surface area contributed by atoms with E-state index in [0.29, 0.717) is 15.4 Å². The first-order chi connectivity index (χ1) is 11.1. The van der Waals surface area contributed by atoms with Crippen LogP contribution in [0.3, 0.4) is 0 Å². The van der Waals surface area contributed by atoms with Crippen molar-refractivity contribution in [3.63, 3.8) is 0 Å². The van der Waals surface area contributed by atoms with Crippen molar-refractivity contribution in [1.82, 2.24) is 0 Å². The van der Waals surface area contributed by atoms with Gasteiger partial charge in [0.25, 0.3) is 0 Å². The normalized spacial score (nSPS) is 13.7. The molecule has 0 N–H and O–H groups in total. The summed E-state index contributed by atoms with van der Waals surface area (Å²) in [5.74, 6) is 4.56. The van der Waals surface area contributed by atoms with E-state index in [4.69, 9.17) is 0 Å². The van der Waals surface area contributed by atoms with E-state index in [1.54, 1.807) is 22.3 Å². The van der Waals surface area contributed by atoms with E-state index in [0.717, 1.165) is 0 Å². The first kappa shape index (κ1) is 28.9. The van der Waals surface area contributed by atoms with Gasteiger partial charge in [-0.3, -0.25) is 0 Å². The molecule has 4 heteroatoms. The summed E-state index contributed by atoms with van der Waals surface area (Å²) in [7, 11) is 0. The molecule has 0 unspecified atom stereocenters. The summed E-state index contributed by atoms with van der Waals surface area (Å²) in [5.41, 5.74) is 9.36. The van der Waals surface area contributed by atoms with Gasteiger partial charge in [0.15, 0.2) is 0 Å². The van der Waals surface area contributed by atoms with Crippen LogP contribution in [0.25, 0.3) is 0 Å². The molecule has 2 aliphatic rings. The predicted octanol–water partition coefficient (Wildman–Crippen LogP) is -0.290. The summed E-state index contributed by atoms with van der Waals surface area (Å²) in [6.45, 7) is 4.39. The van der Waals surface area contributed by atoms with Crippen molar-refractivity contribution in [2.75, 3.05) is 0 Å². The number of hydrogen-bond acceptors (Lipinski definition) is 0. The zero-order chi connectivity index (χ0) is 16.7. The largest absolute Gasteiger partial charge is 4.00 e. The fourth-order valence-corrected chi connectivity index (χ4v) is 3.75. The third-order valence-electron chi connectivity index (χ3n) is 4.72. The summed E-state index contributed by atoms with van der Waals surface area (Å²) in [5, 5.41) is 0. The first-order valence-electron chi connectivity index (χ1n) is 9.38. The minimum atomic E-state index is 0. The van der Waals surface area contributed by atoms with Crippen LogP contribution in [0.4, 0.5) is 0 Å². The van der Waals surface area contributed by atoms with E-state index in [-0.39, 0.29) is 51.0 Å². The molecule has 0 aromatic heterocycles. The van der Waals surface area contributed by atoms with Gasteiger partial charge >= 0.3 is 53.1 Å². The third kappa shape index (κ3) is 9.27. The van der Waals surface area contributed by atoms with Gasteiger partial charge in [-0.25, -0.2) is 12.1 Å². The van der Waals surface area contributed by atoms with Gasteiger partial charge in [0.2, 0.25) is 0 Å². The molecule has 1 radical (unpaired) electrons. The van der Waals surface area contributed by atoms with E-state index in [9.17, 15) is 0 Å². The summed E-state index contributed by atoms with van der Waals surface area (Å²) in [6.07, 6.45) is 10.9. The molecular weight excluding hydrogens is 499 g/mol. The smallest absolute Gasteiger partial charge is 1.00 e. The molecule has 0 spiro atoms. The number of fused-ring (bicyclic) bond motifs is 2. The Morgan fingerprint density at radius 1 is 0.692 bits per heavy atom. The van der Waals surface area contributed by atoms with Gasteiger partial charge in [0, 0.05) is 0 Å². The molecule has 2 aromatic rings. The van der Waals surface area contributed by atoms with Crippen molar-refractivity contribution >= 4 is 15.4 Å². The second-order valence-electron chi connectivity index (χ2n) is 7.16. The van der Waals surface area contributed by atoms with Crippen LogP contribution in [0.2, 0.25) is 11.5 Å². The van der Waals surface area contributed by atoms with Crippen molar-refractivity contribution in [2.24, 2.45) is 0 Å². The maximum atomic E-state index is 2.34. The van der Waals surface area contributed by atoms with E-state index in [1.807, 2.05) is 0 Å². The molecule has 4 rings (SSSR count). The Morgan fingerprint density at radius 3 is 1.31 bits per heavy atom. The van der Waals surface area contributed by atoms with Gasteiger partial charge in [-0.1, -0.05) is 65.2 Å². The van der Waals surface area contributed by atoms with Crippen molar-refractivity contribution in [3.05, 3.63) is 57.6 Å². The van der Waals surface area contributed by atoms with Crippen LogP contribution in [-0.2, 0) is 51.9 Å². The molecule has 26 heavy (non-hydrogen) atoms. The van der Waals surface area contributed by atoms with E-state index in [2.05, 4.69) is 49.6 Å². The second kappa shape index (κ2) is 15.6. The molecule has 0 saturated carbocycles. The molecular formula is C22H33Cl2GeZr. The third-order valence-corrected chi connectivity index (χ3v) is 4.72. The van der Waals surface area contributed by atoms with Gasteiger partial charge in [-0.05, 0) is 0 Å². The summed E-state index contributed by atoms with van der Waals surface area (Å²) in [6, 6.07) is 9.37. The van der Waals surface area contributed by atoms with Gasteiger partial charge in [-0.15, -0.1) is 0 Å². The topological polar surface area (TPSA) is 0 Å². The first-order valence-corrected chi connectivity index (χ1v) is 14.2. The fourth-order valence-electron chi connectivity index (χ4n) is 3.75. The summed E-state index contributed by atoms with van der Waals surface area (Å²) >= 11 is 0.312. The van der Waals surface area contributed by atoms with E-state index < -0.39 is 0 Å². The fraction of sp³-hybridized carbons (Fsp3) is 0.545. The summed E-state index contributed by atoms with van der Waals surface area (Å²) in [4.78, 5) is 0. The zero-order valence-electron chi connectivity index (χ0n) is 16.8. The SMILES string of the molecule is Cc1cc2c([cH-]1)CCCC2.Cc1cc2c([cH-]1)CCCC2.[CH3][GeH][CH3].[Cl-].[Cl-].[Zr+4]. The maximum absolute atomic E-state index is 2.34. The molecule has 0 fully saturated rings. The number of rotatable bonds is 0. The molecule has 0 heterocycles. The average molecular weight is 532 g/mol. The monoisotopic (exact) mass is 531 g/mol. The van der Waals surface area contributed by atoms with Crippen LogP contribution in [0, 0.1) is 13.8 Å². The number of halogens is 2. The quantitative estimate of drug-likeness (QED) is 0.324. The van der Waals surface area contributed by atoms with Gasteiger partial charge in [-0.2, -0.15) is 45.5 Å². The Bertz CT molecular complexity index is 502. The molecule has 0 saturated heterocycles. The minimum absolute atomic E-state index is 0. The molecule has 0 atom stereocenters. The molecule has 0 bridgehead atoms. The Hall–Kier alpha value is 0.706. The molecule has 0 aliphatic heterocycles. The van der Waals surface area contributed by atoms with Crippen LogP contribution in [-0.4, -0.2) is 15.4 Å². The molecule has 2 aromatic carbocycles.